The van der Waals surface area contributed by atoms with Crippen molar-refractivity contribution < 1.29 is 4.74 Å². The van der Waals surface area contributed by atoms with Crippen molar-refractivity contribution in [1.82, 2.24) is 4.98 Å². The van der Waals surface area contributed by atoms with Crippen LogP contribution in [0.3, 0.4) is 0 Å². The van der Waals surface area contributed by atoms with E-state index in [9.17, 15) is 0 Å². The van der Waals surface area contributed by atoms with E-state index in [-0.39, 0.29) is 0 Å². The summed E-state index contributed by atoms with van der Waals surface area (Å²) in [5.41, 5.74) is 1.36. The fraction of sp³-hybridized carbons (Fsp3) is 0.214. The van der Waals surface area contributed by atoms with Crippen LogP contribution < -0.4 is 4.74 Å². The molecule has 0 radical (unpaired) electrons. The third-order valence-electron chi connectivity index (χ3n) is 2.36. The van der Waals surface area contributed by atoms with Gasteiger partial charge in [-0.15, -0.1) is 0 Å². The average molecular weight is 213 g/mol. The zero-order valence-electron chi connectivity index (χ0n) is 9.17. The first-order valence-corrected chi connectivity index (χ1v) is 5.52. The van der Waals surface area contributed by atoms with Gasteiger partial charge in [0.1, 0.15) is 5.75 Å². The number of aromatic nitrogens is 1. The summed E-state index contributed by atoms with van der Waals surface area (Å²) in [6.07, 6.45) is 5.57. The van der Waals surface area contributed by atoms with Crippen LogP contribution in [0.1, 0.15) is 12.0 Å². The van der Waals surface area contributed by atoms with Gasteiger partial charge in [-0.1, -0.05) is 30.3 Å². The Hall–Kier alpha value is -1.83. The van der Waals surface area contributed by atoms with E-state index in [4.69, 9.17) is 4.74 Å². The summed E-state index contributed by atoms with van der Waals surface area (Å²) in [5, 5.41) is 0. The van der Waals surface area contributed by atoms with Crippen LogP contribution >= 0.6 is 0 Å². The van der Waals surface area contributed by atoms with E-state index in [0.29, 0.717) is 0 Å². The molecule has 16 heavy (non-hydrogen) atoms. The monoisotopic (exact) mass is 213 g/mol. The highest BCUT2D eigenvalue weighted by atomic mass is 16.5. The minimum absolute atomic E-state index is 0.737. The van der Waals surface area contributed by atoms with Gasteiger partial charge in [0.2, 0.25) is 0 Å². The summed E-state index contributed by atoms with van der Waals surface area (Å²) in [7, 11) is 0. The molecule has 2 aromatic rings. The first-order chi connectivity index (χ1) is 7.95. The molecular formula is C14H15NO. The Bertz CT molecular complexity index is 358. The second kappa shape index (κ2) is 5.91. The highest BCUT2D eigenvalue weighted by Gasteiger charge is 1.94. The number of hydrogen-bond acceptors (Lipinski definition) is 2. The van der Waals surface area contributed by atoms with E-state index in [0.717, 1.165) is 25.2 Å². The zero-order valence-corrected chi connectivity index (χ0v) is 9.17. The van der Waals surface area contributed by atoms with Crippen LogP contribution in [0.25, 0.3) is 0 Å². The van der Waals surface area contributed by atoms with Gasteiger partial charge in [0, 0.05) is 6.20 Å². The molecule has 0 unspecified atom stereocenters. The standard InChI is InChI=1S/C14H15NO/c1-2-6-13(7-3-1)8-5-11-16-14-9-4-10-15-12-14/h1-4,6-7,9-10,12H,5,8,11H2. The predicted molar refractivity (Wildman–Crippen MR) is 64.5 cm³/mol. The van der Waals surface area contributed by atoms with Crippen molar-refractivity contribution in [2.24, 2.45) is 0 Å². The molecule has 0 aliphatic heterocycles. The smallest absolute Gasteiger partial charge is 0.137 e. The maximum absolute atomic E-state index is 5.57. The molecule has 0 atom stereocenters. The van der Waals surface area contributed by atoms with Gasteiger partial charge >= 0.3 is 0 Å². The van der Waals surface area contributed by atoms with Gasteiger partial charge in [-0.05, 0) is 30.5 Å². The Morgan fingerprint density at radius 1 is 1.00 bits per heavy atom. The van der Waals surface area contributed by atoms with Crippen molar-refractivity contribution in [2.75, 3.05) is 6.61 Å². The summed E-state index contributed by atoms with van der Waals surface area (Å²) in [4.78, 5) is 4.00. The molecule has 1 aromatic carbocycles. The molecule has 1 heterocycles. The van der Waals surface area contributed by atoms with E-state index in [1.807, 2.05) is 18.2 Å². The Morgan fingerprint density at radius 3 is 2.62 bits per heavy atom. The Labute approximate surface area is 95.9 Å². The second-order valence-electron chi connectivity index (χ2n) is 3.63. The largest absolute Gasteiger partial charge is 0.492 e. The van der Waals surface area contributed by atoms with E-state index in [1.54, 1.807) is 12.4 Å². The van der Waals surface area contributed by atoms with Gasteiger partial charge in [0.15, 0.2) is 0 Å². The first kappa shape index (κ1) is 10.7. The summed E-state index contributed by atoms with van der Waals surface area (Å²) >= 11 is 0. The maximum Gasteiger partial charge on any atom is 0.137 e. The van der Waals surface area contributed by atoms with Crippen molar-refractivity contribution in [3.05, 3.63) is 60.4 Å². The van der Waals surface area contributed by atoms with Crippen LogP contribution in [-0.4, -0.2) is 11.6 Å². The van der Waals surface area contributed by atoms with Crippen molar-refractivity contribution >= 4 is 0 Å². The molecule has 2 nitrogen and oxygen atoms in total. The van der Waals surface area contributed by atoms with Gasteiger partial charge in [-0.25, -0.2) is 0 Å². The number of aryl methyl sites for hydroxylation is 1. The number of benzene rings is 1. The minimum atomic E-state index is 0.737. The van der Waals surface area contributed by atoms with E-state index < -0.39 is 0 Å². The van der Waals surface area contributed by atoms with Gasteiger partial charge in [-0.3, -0.25) is 4.98 Å². The number of hydrogen-bond donors (Lipinski definition) is 0. The molecule has 0 aliphatic rings. The van der Waals surface area contributed by atoms with Crippen LogP contribution in [0, 0.1) is 0 Å². The maximum atomic E-state index is 5.57. The van der Waals surface area contributed by atoms with Crippen LogP contribution in [0.5, 0.6) is 5.75 Å². The lowest BCUT2D eigenvalue weighted by molar-refractivity contribution is 0.310. The zero-order chi connectivity index (χ0) is 11.1. The lowest BCUT2D eigenvalue weighted by Crippen LogP contribution is -1.99. The molecule has 0 amide bonds. The normalized spacial score (nSPS) is 10.0. The van der Waals surface area contributed by atoms with Crippen LogP contribution in [0.2, 0.25) is 0 Å². The van der Waals surface area contributed by atoms with E-state index >= 15 is 0 Å². The molecular weight excluding hydrogens is 198 g/mol. The fourth-order valence-corrected chi connectivity index (χ4v) is 1.54. The quantitative estimate of drug-likeness (QED) is 0.712. The van der Waals surface area contributed by atoms with Gasteiger partial charge in [0.05, 0.1) is 12.8 Å². The van der Waals surface area contributed by atoms with E-state index in [1.165, 1.54) is 5.56 Å². The van der Waals surface area contributed by atoms with Crippen LogP contribution in [-0.2, 0) is 6.42 Å². The third-order valence-corrected chi connectivity index (χ3v) is 2.36. The highest BCUT2D eigenvalue weighted by Crippen LogP contribution is 2.08. The van der Waals surface area contributed by atoms with Crippen molar-refractivity contribution in [3.8, 4) is 5.75 Å². The lowest BCUT2D eigenvalue weighted by atomic mass is 10.1. The Kier molecular flexibility index (Phi) is 3.94. The van der Waals surface area contributed by atoms with Crippen molar-refractivity contribution in [1.29, 1.82) is 0 Å². The minimum Gasteiger partial charge on any atom is -0.492 e. The molecule has 0 saturated heterocycles. The lowest BCUT2D eigenvalue weighted by Gasteiger charge is -2.05. The summed E-state index contributed by atoms with van der Waals surface area (Å²) in [6.45, 7) is 0.737. The molecule has 2 heteroatoms. The van der Waals surface area contributed by atoms with Gasteiger partial charge < -0.3 is 4.74 Å². The molecule has 0 fully saturated rings. The predicted octanol–water partition coefficient (Wildman–Crippen LogP) is 3.09. The molecule has 0 N–H and O–H groups in total. The van der Waals surface area contributed by atoms with Gasteiger partial charge in [0.25, 0.3) is 0 Å². The SMILES string of the molecule is c1ccc(CCCOc2cccnc2)cc1. The van der Waals surface area contributed by atoms with Crippen LogP contribution in [0.4, 0.5) is 0 Å². The average Bonchev–Trinajstić information content (AvgIpc) is 2.37. The Morgan fingerprint density at radius 2 is 1.88 bits per heavy atom. The first-order valence-electron chi connectivity index (χ1n) is 5.52. The Balaban J connectivity index is 1.70. The number of pyridine rings is 1. The topological polar surface area (TPSA) is 22.1 Å². The molecule has 0 saturated carbocycles. The fourth-order valence-electron chi connectivity index (χ4n) is 1.54. The summed E-state index contributed by atoms with van der Waals surface area (Å²) in [5.74, 6) is 0.843. The van der Waals surface area contributed by atoms with Crippen molar-refractivity contribution in [2.45, 2.75) is 12.8 Å². The summed E-state index contributed by atoms with van der Waals surface area (Å²) < 4.78 is 5.57. The van der Waals surface area contributed by atoms with Crippen LogP contribution in [0.15, 0.2) is 54.9 Å². The molecule has 0 spiro atoms. The van der Waals surface area contributed by atoms with Gasteiger partial charge in [-0.2, -0.15) is 0 Å². The molecule has 0 aliphatic carbocycles. The molecule has 1 aromatic heterocycles. The second-order valence-corrected chi connectivity index (χ2v) is 3.63. The number of ether oxygens (including phenoxy) is 1. The highest BCUT2D eigenvalue weighted by molar-refractivity contribution is 5.16. The van der Waals surface area contributed by atoms with E-state index in [2.05, 4.69) is 29.2 Å². The molecule has 82 valence electrons. The number of nitrogens with zero attached hydrogens (tertiary/aromatic N) is 1. The number of rotatable bonds is 5. The molecule has 2 rings (SSSR count). The third kappa shape index (κ3) is 3.39. The molecule has 0 bridgehead atoms. The van der Waals surface area contributed by atoms with Crippen molar-refractivity contribution in [3.63, 3.8) is 0 Å². The summed E-state index contributed by atoms with van der Waals surface area (Å²) in [6, 6.07) is 14.3.